The molecular weight excluding hydrogens is 502 g/mol. The van der Waals surface area contributed by atoms with E-state index in [1.165, 1.54) is 14.0 Å². The lowest BCUT2D eigenvalue weighted by molar-refractivity contribution is -0.418. The number of methoxy groups -OCH3 is 3. The summed E-state index contributed by atoms with van der Waals surface area (Å²) in [5.41, 5.74) is 4.02. The third kappa shape index (κ3) is 6.01. The molecule has 0 saturated carbocycles. The van der Waals surface area contributed by atoms with Gasteiger partial charge in [-0.25, -0.2) is 0 Å². The van der Waals surface area contributed by atoms with Crippen molar-refractivity contribution in [3.05, 3.63) is 76.6 Å². The van der Waals surface area contributed by atoms with E-state index in [4.69, 9.17) is 23.4 Å². The molecule has 10 heteroatoms. The number of benzene rings is 2. The standard InChI is InChI=1S/C29H29N3O7/c1-16-7-10-25(36-5)24(11-16)32-29-22(28(34)31-23-9-8-20(35-4)12-26(23)37-6)13-21-19(15-38-18(3)33)14-30-17(2)27(21)39-29/h7-14H,15H2,1-6H3,(H,31,34)/p+1. The number of nitrogens with zero attached hydrogens (tertiary/aromatic N) is 1. The van der Waals surface area contributed by atoms with E-state index in [9.17, 15) is 9.59 Å². The summed E-state index contributed by atoms with van der Waals surface area (Å²) in [6.45, 7) is 5.04. The van der Waals surface area contributed by atoms with Gasteiger partial charge in [-0.2, -0.15) is 4.99 Å². The zero-order valence-electron chi connectivity index (χ0n) is 22.6. The van der Waals surface area contributed by atoms with Crippen LogP contribution in [-0.4, -0.2) is 38.2 Å². The molecule has 0 aliphatic rings. The summed E-state index contributed by atoms with van der Waals surface area (Å²) >= 11 is 0. The molecule has 2 aromatic heterocycles. The minimum Gasteiger partial charge on any atom is -0.497 e. The monoisotopic (exact) mass is 532 g/mol. The summed E-state index contributed by atoms with van der Waals surface area (Å²) in [6, 6.07) is 12.4. The van der Waals surface area contributed by atoms with Gasteiger partial charge in [0.1, 0.15) is 18.1 Å². The summed E-state index contributed by atoms with van der Waals surface area (Å²) < 4.78 is 27.7. The van der Waals surface area contributed by atoms with E-state index < -0.39 is 11.9 Å². The number of hydrogen-bond donors (Lipinski definition) is 2. The van der Waals surface area contributed by atoms with Crippen LogP contribution >= 0.6 is 0 Å². The molecule has 0 saturated heterocycles. The van der Waals surface area contributed by atoms with Gasteiger partial charge in [-0.15, -0.1) is 0 Å². The molecule has 0 atom stereocenters. The van der Waals surface area contributed by atoms with Crippen molar-refractivity contribution in [2.24, 2.45) is 0 Å². The first-order chi connectivity index (χ1) is 18.7. The van der Waals surface area contributed by atoms with Gasteiger partial charge in [0.05, 0.1) is 32.7 Å². The Morgan fingerprint density at radius 1 is 0.974 bits per heavy atom. The van der Waals surface area contributed by atoms with Crippen LogP contribution in [0.5, 0.6) is 17.2 Å². The highest BCUT2D eigenvalue weighted by Gasteiger charge is 2.22. The molecule has 0 radical (unpaired) electrons. The van der Waals surface area contributed by atoms with Crippen molar-refractivity contribution in [2.45, 2.75) is 27.4 Å². The number of amides is 1. The number of anilines is 1. The number of fused-ring (bicyclic) bond motifs is 1. The normalized spacial score (nSPS) is 11.3. The Balaban J connectivity index is 1.94. The molecule has 0 aliphatic carbocycles. The van der Waals surface area contributed by atoms with Gasteiger partial charge in [-0.1, -0.05) is 6.07 Å². The Hall–Kier alpha value is -4.86. The molecule has 0 fully saturated rings. The SMILES string of the molecule is COc1ccc(NC(=O)c2cc3c(COC(C)=O)cnc(C)c3oc2=[NH+]c2cc(C)ccc2OC)c(OC)c1. The fraction of sp³-hybridized carbons (Fsp3) is 0.241. The Labute approximate surface area is 225 Å². The van der Waals surface area contributed by atoms with Crippen LogP contribution < -0.4 is 30.1 Å². The molecule has 0 bridgehead atoms. The van der Waals surface area contributed by atoms with E-state index >= 15 is 0 Å². The number of carbonyl (C=O) groups is 2. The zero-order chi connectivity index (χ0) is 28.1. The molecule has 0 spiro atoms. The number of rotatable bonds is 8. The molecule has 2 aromatic carbocycles. The van der Waals surface area contributed by atoms with E-state index in [2.05, 4.69) is 15.3 Å². The second-order valence-corrected chi connectivity index (χ2v) is 8.73. The molecule has 2 heterocycles. The fourth-order valence-corrected chi connectivity index (χ4v) is 3.99. The first-order valence-corrected chi connectivity index (χ1v) is 12.1. The topological polar surface area (TPSA) is 123 Å². The highest BCUT2D eigenvalue weighted by Crippen LogP contribution is 2.30. The summed E-state index contributed by atoms with van der Waals surface area (Å²) in [6.07, 6.45) is 1.60. The number of aryl methyl sites for hydroxylation is 2. The maximum Gasteiger partial charge on any atom is 0.385 e. The first-order valence-electron chi connectivity index (χ1n) is 12.1. The number of ether oxygens (including phenoxy) is 4. The molecule has 0 unspecified atom stereocenters. The van der Waals surface area contributed by atoms with Crippen molar-refractivity contribution in [2.75, 3.05) is 26.6 Å². The van der Waals surface area contributed by atoms with Crippen LogP contribution in [0, 0.1) is 13.8 Å². The second-order valence-electron chi connectivity index (χ2n) is 8.73. The minimum atomic E-state index is -0.467. The summed E-state index contributed by atoms with van der Waals surface area (Å²) in [7, 11) is 4.61. The molecule has 202 valence electrons. The Morgan fingerprint density at radius 2 is 1.74 bits per heavy atom. The van der Waals surface area contributed by atoms with Gasteiger partial charge in [-0.05, 0) is 43.7 Å². The molecular formula is C29H30N3O7+. The van der Waals surface area contributed by atoms with Crippen molar-refractivity contribution in [3.8, 4) is 17.2 Å². The lowest BCUT2D eigenvalue weighted by atomic mass is 10.1. The van der Waals surface area contributed by atoms with Gasteiger partial charge in [-0.3, -0.25) is 14.6 Å². The number of nitrogens with one attached hydrogen (secondary N) is 2. The van der Waals surface area contributed by atoms with Crippen LogP contribution in [-0.2, 0) is 16.1 Å². The molecule has 39 heavy (non-hydrogen) atoms. The van der Waals surface area contributed by atoms with Gasteiger partial charge in [0, 0.05) is 36.2 Å². The molecule has 10 nitrogen and oxygen atoms in total. The number of pyridine rings is 1. The summed E-state index contributed by atoms with van der Waals surface area (Å²) in [5, 5.41) is 3.47. The molecule has 0 aliphatic heterocycles. The van der Waals surface area contributed by atoms with E-state index in [-0.39, 0.29) is 17.7 Å². The van der Waals surface area contributed by atoms with Crippen molar-refractivity contribution in [1.29, 1.82) is 0 Å². The van der Waals surface area contributed by atoms with Crippen molar-refractivity contribution in [1.82, 2.24) is 4.98 Å². The maximum atomic E-state index is 13.7. The highest BCUT2D eigenvalue weighted by atomic mass is 16.5. The average Bonchev–Trinajstić information content (AvgIpc) is 2.92. The Kier molecular flexibility index (Phi) is 8.14. The highest BCUT2D eigenvalue weighted by molar-refractivity contribution is 6.06. The van der Waals surface area contributed by atoms with Crippen molar-refractivity contribution >= 4 is 34.2 Å². The Bertz CT molecular complexity index is 1630. The lowest BCUT2D eigenvalue weighted by Crippen LogP contribution is -2.71. The number of aromatic nitrogens is 1. The van der Waals surface area contributed by atoms with Gasteiger partial charge < -0.3 is 28.7 Å². The largest absolute Gasteiger partial charge is 0.497 e. The quantitative estimate of drug-likeness (QED) is 0.332. The maximum absolute atomic E-state index is 13.7. The average molecular weight is 533 g/mol. The lowest BCUT2D eigenvalue weighted by Gasteiger charge is -2.12. The predicted octanol–water partition coefficient (Wildman–Crippen LogP) is 3.10. The second kappa shape index (κ2) is 11.7. The minimum absolute atomic E-state index is 0.0273. The predicted molar refractivity (Wildman–Crippen MR) is 143 cm³/mol. The summed E-state index contributed by atoms with van der Waals surface area (Å²) in [4.78, 5) is 32.8. The fourth-order valence-electron chi connectivity index (χ4n) is 3.99. The van der Waals surface area contributed by atoms with Gasteiger partial charge in [0.25, 0.3) is 5.91 Å². The van der Waals surface area contributed by atoms with Crippen LogP contribution in [0.3, 0.4) is 0 Å². The molecule has 4 aromatic rings. The van der Waals surface area contributed by atoms with Crippen LogP contribution in [0.25, 0.3) is 11.0 Å². The van der Waals surface area contributed by atoms with E-state index in [1.807, 2.05) is 25.1 Å². The third-order valence-electron chi connectivity index (χ3n) is 6.01. The molecule has 4 rings (SSSR count). The Morgan fingerprint density at radius 3 is 2.44 bits per heavy atom. The van der Waals surface area contributed by atoms with Gasteiger partial charge >= 0.3 is 11.5 Å². The summed E-state index contributed by atoms with van der Waals surface area (Å²) in [5.74, 6) is 0.669. The molecule has 2 N–H and O–H groups in total. The van der Waals surface area contributed by atoms with E-state index in [0.29, 0.717) is 50.8 Å². The number of esters is 1. The zero-order valence-corrected chi connectivity index (χ0v) is 22.6. The van der Waals surface area contributed by atoms with Crippen molar-refractivity contribution in [3.63, 3.8) is 0 Å². The smallest absolute Gasteiger partial charge is 0.385 e. The third-order valence-corrected chi connectivity index (χ3v) is 6.01. The van der Waals surface area contributed by atoms with Crippen LogP contribution in [0.4, 0.5) is 11.4 Å². The number of hydrogen-bond acceptors (Lipinski definition) is 8. The molecule has 1 amide bonds. The van der Waals surface area contributed by atoms with Gasteiger partial charge in [0.2, 0.25) is 5.69 Å². The van der Waals surface area contributed by atoms with Crippen LogP contribution in [0.2, 0.25) is 0 Å². The first kappa shape index (κ1) is 27.2. The van der Waals surface area contributed by atoms with E-state index in [0.717, 1.165) is 5.56 Å². The van der Waals surface area contributed by atoms with Gasteiger partial charge in [0.15, 0.2) is 16.9 Å². The van der Waals surface area contributed by atoms with E-state index in [1.54, 1.807) is 51.6 Å². The van der Waals surface area contributed by atoms with Crippen molar-refractivity contribution < 1.29 is 37.9 Å². The van der Waals surface area contributed by atoms with Crippen LogP contribution in [0.1, 0.15) is 34.1 Å². The number of carbonyl (C=O) groups excluding carboxylic acids is 2. The van der Waals surface area contributed by atoms with Crippen LogP contribution in [0.15, 0.2) is 53.1 Å².